The Morgan fingerprint density at radius 3 is 1.35 bits per heavy atom. The first-order chi connectivity index (χ1) is 16.3. The van der Waals surface area contributed by atoms with Gasteiger partial charge in [0.25, 0.3) is 0 Å². The van der Waals surface area contributed by atoms with Gasteiger partial charge in [0.1, 0.15) is 11.4 Å². The van der Waals surface area contributed by atoms with Crippen molar-refractivity contribution in [1.29, 1.82) is 0 Å². The molecule has 0 saturated heterocycles. The van der Waals surface area contributed by atoms with E-state index in [0.29, 0.717) is 0 Å². The zero-order valence-corrected chi connectivity index (χ0v) is 22.4. The maximum Gasteiger partial charge on any atom is 0.113 e. The first kappa shape index (κ1) is 22.7. The number of halogens is 2. The first-order valence-electron chi connectivity index (χ1n) is 10.8. The van der Waals surface area contributed by atoms with Gasteiger partial charge in [-0.2, -0.15) is 0 Å². The van der Waals surface area contributed by atoms with Crippen molar-refractivity contribution in [3.05, 3.63) is 92.1 Å². The van der Waals surface area contributed by atoms with Gasteiger partial charge >= 0.3 is 0 Å². The molecule has 5 aromatic rings. The van der Waals surface area contributed by atoms with Gasteiger partial charge in [-0.05, 0) is 80.3 Å². The van der Waals surface area contributed by atoms with E-state index in [1.54, 1.807) is 0 Å². The van der Waals surface area contributed by atoms with Crippen LogP contribution in [0.25, 0.3) is 33.9 Å². The lowest BCUT2D eigenvalue weighted by Crippen LogP contribution is -2.01. The van der Waals surface area contributed by atoms with Gasteiger partial charge in [-0.15, -0.1) is 10.2 Å². The Morgan fingerprint density at radius 1 is 0.588 bits per heavy atom. The second-order valence-electron chi connectivity index (χ2n) is 8.45. The van der Waals surface area contributed by atoms with Crippen LogP contribution in [0.1, 0.15) is 22.3 Å². The lowest BCUT2D eigenvalue weighted by Gasteiger charge is -2.09. The summed E-state index contributed by atoms with van der Waals surface area (Å²) in [7, 11) is 0. The van der Waals surface area contributed by atoms with Crippen LogP contribution in [0.3, 0.4) is 0 Å². The normalized spacial score (nSPS) is 11.2. The smallest absolute Gasteiger partial charge is 0.113 e. The van der Waals surface area contributed by atoms with Crippen molar-refractivity contribution >= 4 is 31.9 Å². The van der Waals surface area contributed by atoms with Crippen LogP contribution < -0.4 is 0 Å². The van der Waals surface area contributed by atoms with E-state index >= 15 is 0 Å². The van der Waals surface area contributed by atoms with Gasteiger partial charge < -0.3 is 0 Å². The quantitative estimate of drug-likeness (QED) is 0.232. The standard InChI is InChI=1S/C26H22Br2N6/c1-15-8-21(27)9-16(2)25(15)33-13-23(29-31-33)19-6-5-7-20(12-19)24-14-34(32-30-24)26-17(3)10-22(28)11-18(26)4/h5-14H,1-4H3. The van der Waals surface area contributed by atoms with Gasteiger partial charge in [0.05, 0.1) is 23.8 Å². The summed E-state index contributed by atoms with van der Waals surface area (Å²) in [5.41, 5.74) is 10.2. The lowest BCUT2D eigenvalue weighted by atomic mass is 10.1. The van der Waals surface area contributed by atoms with Crippen molar-refractivity contribution in [2.24, 2.45) is 0 Å². The predicted octanol–water partition coefficient (Wildman–Crippen LogP) is 6.94. The maximum absolute atomic E-state index is 4.44. The zero-order valence-electron chi connectivity index (χ0n) is 19.2. The van der Waals surface area contributed by atoms with Crippen LogP contribution in [0.2, 0.25) is 0 Å². The molecule has 0 N–H and O–H groups in total. The summed E-state index contributed by atoms with van der Waals surface area (Å²) in [4.78, 5) is 0. The van der Waals surface area contributed by atoms with E-state index in [0.717, 1.165) is 65.1 Å². The number of aryl methyl sites for hydroxylation is 4. The number of rotatable bonds is 4. The number of hydrogen-bond acceptors (Lipinski definition) is 4. The van der Waals surface area contributed by atoms with Crippen molar-refractivity contribution in [1.82, 2.24) is 30.0 Å². The minimum Gasteiger partial charge on any atom is -0.220 e. The lowest BCUT2D eigenvalue weighted by molar-refractivity contribution is 0.793. The van der Waals surface area contributed by atoms with Crippen LogP contribution in [0.15, 0.2) is 69.9 Å². The average Bonchev–Trinajstić information content (AvgIpc) is 3.43. The summed E-state index contributed by atoms with van der Waals surface area (Å²) < 4.78 is 5.80. The Balaban J connectivity index is 1.49. The third kappa shape index (κ3) is 4.23. The molecule has 0 atom stereocenters. The molecule has 170 valence electrons. The molecular formula is C26H22Br2N6. The first-order valence-corrected chi connectivity index (χ1v) is 12.4. The largest absolute Gasteiger partial charge is 0.220 e. The monoisotopic (exact) mass is 576 g/mol. The van der Waals surface area contributed by atoms with Crippen molar-refractivity contribution < 1.29 is 0 Å². The highest BCUT2D eigenvalue weighted by Crippen LogP contribution is 2.29. The molecule has 0 aliphatic rings. The topological polar surface area (TPSA) is 61.4 Å². The summed E-state index contributed by atoms with van der Waals surface area (Å²) in [6, 6.07) is 16.5. The highest BCUT2D eigenvalue weighted by Gasteiger charge is 2.14. The SMILES string of the molecule is Cc1cc(Br)cc(C)c1-n1cc(-c2cccc(-c3cn(-c4c(C)cc(Br)cc4C)nn3)c2)nn1. The minimum absolute atomic E-state index is 0.801. The molecule has 0 aliphatic heterocycles. The van der Waals surface area contributed by atoms with Gasteiger partial charge in [-0.3, -0.25) is 0 Å². The van der Waals surface area contributed by atoms with E-state index in [1.165, 1.54) is 0 Å². The summed E-state index contributed by atoms with van der Waals surface area (Å²) >= 11 is 7.12. The maximum atomic E-state index is 4.44. The molecule has 5 rings (SSSR count). The Labute approximate surface area is 214 Å². The molecule has 3 aromatic carbocycles. The number of nitrogens with zero attached hydrogens (tertiary/aromatic N) is 6. The number of hydrogen-bond donors (Lipinski definition) is 0. The molecule has 0 saturated carbocycles. The summed E-state index contributed by atoms with van der Waals surface area (Å²) in [5.74, 6) is 0. The van der Waals surface area contributed by atoms with E-state index in [1.807, 2.05) is 40.0 Å². The van der Waals surface area contributed by atoms with E-state index in [4.69, 9.17) is 0 Å². The van der Waals surface area contributed by atoms with Crippen LogP contribution in [-0.2, 0) is 0 Å². The van der Waals surface area contributed by atoms with E-state index in [9.17, 15) is 0 Å². The molecule has 0 spiro atoms. The van der Waals surface area contributed by atoms with Crippen molar-refractivity contribution in [3.8, 4) is 33.9 Å². The van der Waals surface area contributed by atoms with Gasteiger partial charge in [-0.1, -0.05) is 60.5 Å². The highest BCUT2D eigenvalue weighted by molar-refractivity contribution is 9.10. The van der Waals surface area contributed by atoms with E-state index < -0.39 is 0 Å². The second-order valence-corrected chi connectivity index (χ2v) is 10.3. The molecule has 0 fully saturated rings. The third-order valence-electron chi connectivity index (χ3n) is 5.81. The third-order valence-corrected chi connectivity index (χ3v) is 6.73. The summed E-state index contributed by atoms with van der Waals surface area (Å²) in [6.45, 7) is 8.31. The van der Waals surface area contributed by atoms with Crippen molar-refractivity contribution in [2.75, 3.05) is 0 Å². The molecule has 0 radical (unpaired) electrons. The van der Waals surface area contributed by atoms with Crippen LogP contribution in [0.5, 0.6) is 0 Å². The Bertz CT molecular complexity index is 1380. The van der Waals surface area contributed by atoms with E-state index in [-0.39, 0.29) is 0 Å². The fourth-order valence-electron chi connectivity index (χ4n) is 4.38. The van der Waals surface area contributed by atoms with Crippen LogP contribution >= 0.6 is 31.9 Å². The molecule has 8 heteroatoms. The Kier molecular flexibility index (Phi) is 5.95. The minimum atomic E-state index is 0.801. The molecule has 0 amide bonds. The van der Waals surface area contributed by atoms with Crippen LogP contribution in [-0.4, -0.2) is 30.0 Å². The molecule has 0 bridgehead atoms. The summed E-state index contributed by atoms with van der Waals surface area (Å²) in [6.07, 6.45) is 3.93. The van der Waals surface area contributed by atoms with Gasteiger partial charge in [0.15, 0.2) is 0 Å². The number of benzene rings is 3. The molecule has 2 heterocycles. The van der Waals surface area contributed by atoms with Crippen molar-refractivity contribution in [2.45, 2.75) is 27.7 Å². The van der Waals surface area contributed by atoms with Crippen LogP contribution in [0.4, 0.5) is 0 Å². The Morgan fingerprint density at radius 2 is 0.971 bits per heavy atom. The second kappa shape index (κ2) is 8.92. The fourth-order valence-corrected chi connectivity index (χ4v) is 5.75. The summed E-state index contributed by atoms with van der Waals surface area (Å²) in [5, 5.41) is 17.7. The molecule has 0 aliphatic carbocycles. The molecule has 34 heavy (non-hydrogen) atoms. The molecule has 2 aromatic heterocycles. The number of aromatic nitrogens is 6. The van der Waals surface area contributed by atoms with Crippen molar-refractivity contribution in [3.63, 3.8) is 0 Å². The van der Waals surface area contributed by atoms with E-state index in [2.05, 4.69) is 111 Å². The van der Waals surface area contributed by atoms with Gasteiger partial charge in [-0.25, -0.2) is 9.36 Å². The predicted molar refractivity (Wildman–Crippen MR) is 141 cm³/mol. The molecule has 6 nitrogen and oxygen atoms in total. The zero-order chi connectivity index (χ0) is 24.0. The van der Waals surface area contributed by atoms with Crippen LogP contribution in [0, 0.1) is 27.7 Å². The van der Waals surface area contributed by atoms with Gasteiger partial charge in [0, 0.05) is 20.1 Å². The van der Waals surface area contributed by atoms with Gasteiger partial charge in [0.2, 0.25) is 0 Å². The fraction of sp³-hybridized carbons (Fsp3) is 0.154. The molecule has 0 unspecified atom stereocenters. The Hall–Kier alpha value is -3.10. The molecular weight excluding hydrogens is 556 g/mol. The highest BCUT2D eigenvalue weighted by atomic mass is 79.9. The average molecular weight is 578 g/mol.